The topological polar surface area (TPSA) is 96.9 Å². The first kappa shape index (κ1) is 18.9. The van der Waals surface area contributed by atoms with Gasteiger partial charge in [0.1, 0.15) is 5.82 Å². The molecule has 0 radical (unpaired) electrons. The highest BCUT2D eigenvalue weighted by Crippen LogP contribution is 2.34. The van der Waals surface area contributed by atoms with Gasteiger partial charge in [-0.3, -0.25) is 9.59 Å². The van der Waals surface area contributed by atoms with E-state index in [4.69, 9.17) is 21.1 Å². The summed E-state index contributed by atoms with van der Waals surface area (Å²) in [5, 5.41) is 14.8. The minimum Gasteiger partial charge on any atom is -0.454 e. The van der Waals surface area contributed by atoms with Crippen LogP contribution in [0.15, 0.2) is 36.4 Å². The highest BCUT2D eigenvalue weighted by atomic mass is 35.5. The Morgan fingerprint density at radius 1 is 1.15 bits per heavy atom. The zero-order valence-electron chi connectivity index (χ0n) is 14.0. The number of anilines is 1. The minimum atomic E-state index is -0.921. The predicted octanol–water partition coefficient (Wildman–Crippen LogP) is 2.39. The molecule has 1 unspecified atom stereocenters. The lowest BCUT2D eigenvalue weighted by molar-refractivity contribution is -0.136. The van der Waals surface area contributed by atoms with Crippen molar-refractivity contribution in [2.75, 3.05) is 18.7 Å². The molecule has 0 aliphatic carbocycles. The molecule has 2 amide bonds. The standard InChI is InChI=1S/C18H16ClFN2O5/c19-12-8-11(2-3-13(12)20)22-18(25)17(24)21-6-5-14(23)10-1-4-15-16(7-10)27-9-26-15/h1-4,7-8,14,23H,5-6,9H2,(H,21,24)(H,22,25). The maximum atomic E-state index is 13.1. The van der Waals surface area contributed by atoms with E-state index in [1.165, 1.54) is 12.1 Å². The van der Waals surface area contributed by atoms with Crippen molar-refractivity contribution >= 4 is 29.1 Å². The van der Waals surface area contributed by atoms with Gasteiger partial charge in [0.2, 0.25) is 6.79 Å². The molecule has 1 heterocycles. The molecule has 3 rings (SSSR count). The van der Waals surface area contributed by atoms with Gasteiger partial charge in [0.25, 0.3) is 0 Å². The number of aliphatic hydroxyl groups is 1. The van der Waals surface area contributed by atoms with Gasteiger partial charge in [-0.1, -0.05) is 17.7 Å². The molecule has 0 spiro atoms. The molecule has 0 saturated heterocycles. The Balaban J connectivity index is 1.47. The summed E-state index contributed by atoms with van der Waals surface area (Å²) >= 11 is 5.62. The average Bonchev–Trinajstić information content (AvgIpc) is 3.12. The highest BCUT2D eigenvalue weighted by Gasteiger charge is 2.18. The number of fused-ring (bicyclic) bond motifs is 1. The summed E-state index contributed by atoms with van der Waals surface area (Å²) in [5.74, 6) is -1.27. The molecule has 7 nitrogen and oxygen atoms in total. The van der Waals surface area contributed by atoms with Crippen LogP contribution in [0, 0.1) is 5.82 Å². The highest BCUT2D eigenvalue weighted by molar-refractivity contribution is 6.39. The molecule has 27 heavy (non-hydrogen) atoms. The molecule has 2 aromatic carbocycles. The van der Waals surface area contributed by atoms with Crippen molar-refractivity contribution in [3.63, 3.8) is 0 Å². The zero-order valence-corrected chi connectivity index (χ0v) is 14.8. The molecule has 0 bridgehead atoms. The Morgan fingerprint density at radius 2 is 1.93 bits per heavy atom. The summed E-state index contributed by atoms with van der Waals surface area (Å²) in [5.41, 5.74) is 0.806. The summed E-state index contributed by atoms with van der Waals surface area (Å²) in [7, 11) is 0. The Morgan fingerprint density at radius 3 is 2.70 bits per heavy atom. The lowest BCUT2D eigenvalue weighted by Crippen LogP contribution is -2.36. The third-order valence-corrected chi connectivity index (χ3v) is 4.16. The van der Waals surface area contributed by atoms with Crippen molar-refractivity contribution in [2.24, 2.45) is 0 Å². The third kappa shape index (κ3) is 4.66. The number of hydrogen-bond acceptors (Lipinski definition) is 5. The molecule has 3 N–H and O–H groups in total. The Labute approximate surface area is 159 Å². The molecule has 0 aromatic heterocycles. The first-order chi connectivity index (χ1) is 12.9. The zero-order chi connectivity index (χ0) is 19.4. The monoisotopic (exact) mass is 394 g/mol. The van der Waals surface area contributed by atoms with E-state index in [1.807, 2.05) is 0 Å². The van der Waals surface area contributed by atoms with Gasteiger partial charge in [-0.05, 0) is 42.3 Å². The number of nitrogens with one attached hydrogen (secondary N) is 2. The van der Waals surface area contributed by atoms with E-state index < -0.39 is 23.7 Å². The quantitative estimate of drug-likeness (QED) is 0.676. The van der Waals surface area contributed by atoms with Gasteiger partial charge < -0.3 is 25.2 Å². The van der Waals surface area contributed by atoms with Gasteiger partial charge in [-0.25, -0.2) is 4.39 Å². The number of ether oxygens (including phenoxy) is 2. The van der Waals surface area contributed by atoms with Crippen LogP contribution in [-0.2, 0) is 9.59 Å². The van der Waals surface area contributed by atoms with Gasteiger partial charge in [0.05, 0.1) is 11.1 Å². The number of benzene rings is 2. The van der Waals surface area contributed by atoms with Crippen LogP contribution in [0.25, 0.3) is 0 Å². The second kappa shape index (κ2) is 8.24. The van der Waals surface area contributed by atoms with E-state index in [1.54, 1.807) is 18.2 Å². The number of aliphatic hydroxyl groups excluding tert-OH is 1. The van der Waals surface area contributed by atoms with Crippen LogP contribution in [0.5, 0.6) is 11.5 Å². The fourth-order valence-electron chi connectivity index (χ4n) is 2.45. The Kier molecular flexibility index (Phi) is 5.78. The summed E-state index contributed by atoms with van der Waals surface area (Å²) in [4.78, 5) is 23.7. The summed E-state index contributed by atoms with van der Waals surface area (Å²) in [6, 6.07) is 8.63. The van der Waals surface area contributed by atoms with Gasteiger partial charge >= 0.3 is 11.8 Å². The first-order valence-electron chi connectivity index (χ1n) is 8.06. The van der Waals surface area contributed by atoms with Gasteiger partial charge in [0.15, 0.2) is 11.5 Å². The number of carbonyl (C=O) groups excluding carboxylic acids is 2. The lowest BCUT2D eigenvalue weighted by Gasteiger charge is -2.12. The van der Waals surface area contributed by atoms with Crippen molar-refractivity contribution in [3.8, 4) is 11.5 Å². The van der Waals surface area contributed by atoms with Gasteiger partial charge in [-0.2, -0.15) is 0 Å². The van der Waals surface area contributed by atoms with Crippen molar-refractivity contribution < 1.29 is 28.6 Å². The number of hydrogen-bond donors (Lipinski definition) is 3. The fourth-order valence-corrected chi connectivity index (χ4v) is 2.63. The number of halogens is 2. The van der Waals surface area contributed by atoms with Crippen molar-refractivity contribution in [1.29, 1.82) is 0 Å². The average molecular weight is 395 g/mol. The fraction of sp³-hybridized carbons (Fsp3) is 0.222. The maximum Gasteiger partial charge on any atom is 0.313 e. The molecule has 2 aromatic rings. The van der Waals surface area contributed by atoms with E-state index in [2.05, 4.69) is 10.6 Å². The molecular weight excluding hydrogens is 379 g/mol. The first-order valence-corrected chi connectivity index (χ1v) is 8.43. The van der Waals surface area contributed by atoms with E-state index >= 15 is 0 Å². The second-order valence-corrected chi connectivity index (χ2v) is 6.16. The van der Waals surface area contributed by atoms with Crippen LogP contribution in [0.3, 0.4) is 0 Å². The molecule has 0 saturated carbocycles. The molecule has 0 fully saturated rings. The van der Waals surface area contributed by atoms with E-state index in [0.717, 1.165) is 6.07 Å². The second-order valence-electron chi connectivity index (χ2n) is 5.76. The van der Waals surface area contributed by atoms with Crippen LogP contribution in [0.1, 0.15) is 18.1 Å². The largest absolute Gasteiger partial charge is 0.454 e. The number of amides is 2. The Bertz CT molecular complexity index is 877. The van der Waals surface area contributed by atoms with E-state index in [0.29, 0.717) is 17.1 Å². The van der Waals surface area contributed by atoms with Gasteiger partial charge in [-0.15, -0.1) is 0 Å². The molecule has 1 aliphatic rings. The molecule has 9 heteroatoms. The van der Waals surface area contributed by atoms with Crippen molar-refractivity contribution in [1.82, 2.24) is 5.32 Å². The minimum absolute atomic E-state index is 0.0754. The Hall–Kier alpha value is -2.84. The third-order valence-electron chi connectivity index (χ3n) is 3.87. The van der Waals surface area contributed by atoms with E-state index in [9.17, 15) is 19.1 Å². The van der Waals surface area contributed by atoms with Crippen molar-refractivity contribution in [2.45, 2.75) is 12.5 Å². The molecular formula is C18H16ClFN2O5. The summed E-state index contributed by atoms with van der Waals surface area (Å²) in [6.45, 7) is 0.214. The normalized spacial score (nSPS) is 13.1. The smallest absolute Gasteiger partial charge is 0.313 e. The van der Waals surface area contributed by atoms with Crippen molar-refractivity contribution in [3.05, 3.63) is 52.8 Å². The summed E-state index contributed by atoms with van der Waals surface area (Å²) < 4.78 is 23.5. The molecule has 1 aliphatic heterocycles. The molecule has 142 valence electrons. The van der Waals surface area contributed by atoms with E-state index in [-0.39, 0.29) is 30.5 Å². The van der Waals surface area contributed by atoms with Crippen LogP contribution < -0.4 is 20.1 Å². The van der Waals surface area contributed by atoms with Crippen LogP contribution in [0.4, 0.5) is 10.1 Å². The number of rotatable bonds is 5. The van der Waals surface area contributed by atoms with Crippen LogP contribution >= 0.6 is 11.6 Å². The molecule has 1 atom stereocenters. The lowest BCUT2D eigenvalue weighted by atomic mass is 10.1. The van der Waals surface area contributed by atoms with Gasteiger partial charge in [0, 0.05) is 12.2 Å². The number of carbonyl (C=O) groups is 2. The summed E-state index contributed by atoms with van der Waals surface area (Å²) in [6.07, 6.45) is -0.653. The maximum absolute atomic E-state index is 13.1. The SMILES string of the molecule is O=C(NCCC(O)c1ccc2c(c1)OCO2)C(=O)Nc1ccc(F)c(Cl)c1. The van der Waals surface area contributed by atoms with Crippen LogP contribution in [-0.4, -0.2) is 30.3 Å². The van der Waals surface area contributed by atoms with Crippen LogP contribution in [0.2, 0.25) is 5.02 Å². The predicted molar refractivity (Wildman–Crippen MR) is 95.2 cm³/mol.